The van der Waals surface area contributed by atoms with Crippen molar-refractivity contribution < 1.29 is 14.3 Å². The minimum absolute atomic E-state index is 0.289. The van der Waals surface area contributed by atoms with Crippen LogP contribution in [0.3, 0.4) is 0 Å². The van der Waals surface area contributed by atoms with Crippen LogP contribution in [-0.2, 0) is 11.3 Å². The summed E-state index contributed by atoms with van der Waals surface area (Å²) in [6.07, 6.45) is 4.93. The SMILES string of the molecule is COC(=O)c1ccccc1NC(=O)c1ccc(NCc2ccncc2)nc1. The summed E-state index contributed by atoms with van der Waals surface area (Å²) in [6, 6.07) is 13.9. The molecule has 3 rings (SSSR count). The zero-order valence-corrected chi connectivity index (χ0v) is 14.7. The largest absolute Gasteiger partial charge is 0.465 e. The van der Waals surface area contributed by atoms with Gasteiger partial charge in [0, 0.05) is 25.1 Å². The monoisotopic (exact) mass is 362 g/mol. The van der Waals surface area contributed by atoms with E-state index in [-0.39, 0.29) is 11.5 Å². The molecule has 1 aromatic carbocycles. The smallest absolute Gasteiger partial charge is 0.339 e. The van der Waals surface area contributed by atoms with E-state index < -0.39 is 5.97 Å². The molecule has 7 heteroatoms. The number of anilines is 2. The van der Waals surface area contributed by atoms with Gasteiger partial charge in [0.1, 0.15) is 5.82 Å². The Morgan fingerprint density at radius 1 is 1.04 bits per heavy atom. The average molecular weight is 362 g/mol. The molecule has 0 unspecified atom stereocenters. The summed E-state index contributed by atoms with van der Waals surface area (Å²) in [5.41, 5.74) is 2.13. The second-order valence-electron chi connectivity index (χ2n) is 5.63. The van der Waals surface area contributed by atoms with E-state index in [2.05, 4.69) is 20.6 Å². The molecule has 0 saturated carbocycles. The number of esters is 1. The molecule has 2 aromatic heterocycles. The van der Waals surface area contributed by atoms with Crippen molar-refractivity contribution >= 4 is 23.4 Å². The molecule has 0 saturated heterocycles. The van der Waals surface area contributed by atoms with Crippen molar-refractivity contribution in [3.8, 4) is 0 Å². The predicted octanol–water partition coefficient (Wildman–Crippen LogP) is 3.13. The first kappa shape index (κ1) is 18.1. The molecular weight excluding hydrogens is 344 g/mol. The number of para-hydroxylation sites is 1. The van der Waals surface area contributed by atoms with E-state index in [1.165, 1.54) is 13.3 Å². The topological polar surface area (TPSA) is 93.2 Å². The van der Waals surface area contributed by atoms with Gasteiger partial charge >= 0.3 is 5.97 Å². The van der Waals surface area contributed by atoms with Crippen molar-refractivity contribution in [1.29, 1.82) is 0 Å². The van der Waals surface area contributed by atoms with Crippen molar-refractivity contribution in [3.63, 3.8) is 0 Å². The van der Waals surface area contributed by atoms with Gasteiger partial charge in [0.15, 0.2) is 0 Å². The fraction of sp³-hybridized carbons (Fsp3) is 0.100. The van der Waals surface area contributed by atoms with Gasteiger partial charge in [0.25, 0.3) is 5.91 Å². The third kappa shape index (κ3) is 4.66. The lowest BCUT2D eigenvalue weighted by molar-refractivity contribution is 0.0602. The predicted molar refractivity (Wildman–Crippen MR) is 102 cm³/mol. The number of aromatic nitrogens is 2. The lowest BCUT2D eigenvalue weighted by Gasteiger charge is -2.10. The molecule has 0 spiro atoms. The Labute approximate surface area is 156 Å². The first-order valence-electron chi connectivity index (χ1n) is 8.25. The second-order valence-corrected chi connectivity index (χ2v) is 5.63. The van der Waals surface area contributed by atoms with Crippen LogP contribution in [-0.4, -0.2) is 29.0 Å². The zero-order valence-electron chi connectivity index (χ0n) is 14.7. The van der Waals surface area contributed by atoms with Crippen molar-refractivity contribution in [2.24, 2.45) is 0 Å². The quantitative estimate of drug-likeness (QED) is 0.655. The van der Waals surface area contributed by atoms with E-state index in [1.54, 1.807) is 48.8 Å². The second kappa shape index (κ2) is 8.57. The number of amides is 1. The van der Waals surface area contributed by atoms with Crippen LogP contribution >= 0.6 is 0 Å². The number of pyridine rings is 2. The molecule has 2 N–H and O–H groups in total. The Balaban J connectivity index is 1.65. The van der Waals surface area contributed by atoms with Crippen molar-refractivity contribution in [2.75, 3.05) is 17.7 Å². The first-order chi connectivity index (χ1) is 13.2. The molecule has 2 heterocycles. The van der Waals surface area contributed by atoms with E-state index in [0.29, 0.717) is 23.6 Å². The Hall–Kier alpha value is -3.74. The van der Waals surface area contributed by atoms with E-state index in [1.807, 2.05) is 12.1 Å². The number of hydrogen-bond acceptors (Lipinski definition) is 6. The molecule has 1 amide bonds. The Bertz CT molecular complexity index is 927. The van der Waals surface area contributed by atoms with Crippen LogP contribution in [0.15, 0.2) is 67.1 Å². The van der Waals surface area contributed by atoms with Gasteiger partial charge in [-0.2, -0.15) is 0 Å². The number of nitrogens with one attached hydrogen (secondary N) is 2. The lowest BCUT2D eigenvalue weighted by atomic mass is 10.1. The number of methoxy groups -OCH3 is 1. The highest BCUT2D eigenvalue weighted by Gasteiger charge is 2.14. The molecule has 0 bridgehead atoms. The van der Waals surface area contributed by atoms with Crippen molar-refractivity contribution in [1.82, 2.24) is 9.97 Å². The summed E-state index contributed by atoms with van der Waals surface area (Å²) in [5, 5.41) is 5.89. The fourth-order valence-electron chi connectivity index (χ4n) is 2.40. The highest BCUT2D eigenvalue weighted by atomic mass is 16.5. The van der Waals surface area contributed by atoms with Gasteiger partial charge < -0.3 is 15.4 Å². The summed E-state index contributed by atoms with van der Waals surface area (Å²) < 4.78 is 4.73. The van der Waals surface area contributed by atoms with Crippen LogP contribution in [0, 0.1) is 0 Å². The van der Waals surface area contributed by atoms with Crippen LogP contribution in [0.25, 0.3) is 0 Å². The van der Waals surface area contributed by atoms with Crippen LogP contribution in [0.1, 0.15) is 26.3 Å². The zero-order chi connectivity index (χ0) is 19.1. The van der Waals surface area contributed by atoms with Gasteiger partial charge in [-0.25, -0.2) is 9.78 Å². The molecule has 0 aliphatic heterocycles. The molecule has 0 aliphatic carbocycles. The highest BCUT2D eigenvalue weighted by Crippen LogP contribution is 2.17. The molecule has 0 fully saturated rings. The Morgan fingerprint density at radius 2 is 1.81 bits per heavy atom. The number of carbonyl (C=O) groups excluding carboxylic acids is 2. The third-order valence-electron chi connectivity index (χ3n) is 3.83. The summed E-state index contributed by atoms with van der Waals surface area (Å²) >= 11 is 0. The number of rotatable bonds is 6. The van der Waals surface area contributed by atoms with E-state index >= 15 is 0 Å². The van der Waals surface area contributed by atoms with Gasteiger partial charge in [-0.1, -0.05) is 12.1 Å². The normalized spacial score (nSPS) is 10.1. The third-order valence-corrected chi connectivity index (χ3v) is 3.83. The first-order valence-corrected chi connectivity index (χ1v) is 8.25. The summed E-state index contributed by atoms with van der Waals surface area (Å²) in [5.74, 6) is -0.224. The van der Waals surface area contributed by atoms with Crippen LogP contribution in [0.2, 0.25) is 0 Å². The molecule has 7 nitrogen and oxygen atoms in total. The summed E-state index contributed by atoms with van der Waals surface area (Å²) in [4.78, 5) is 32.4. The van der Waals surface area contributed by atoms with Crippen LogP contribution in [0.4, 0.5) is 11.5 Å². The van der Waals surface area contributed by atoms with E-state index in [0.717, 1.165) is 5.56 Å². The minimum atomic E-state index is -0.514. The summed E-state index contributed by atoms with van der Waals surface area (Å²) in [7, 11) is 1.29. The fourth-order valence-corrected chi connectivity index (χ4v) is 2.40. The number of benzene rings is 1. The standard InChI is InChI=1S/C20H18N4O3/c1-27-20(26)16-4-2-3-5-17(16)24-19(25)15-6-7-18(23-13-15)22-12-14-8-10-21-11-9-14/h2-11,13H,12H2,1H3,(H,22,23)(H,24,25). The molecule has 3 aromatic rings. The van der Waals surface area contributed by atoms with Gasteiger partial charge in [0.2, 0.25) is 0 Å². The van der Waals surface area contributed by atoms with Crippen LogP contribution < -0.4 is 10.6 Å². The molecule has 136 valence electrons. The maximum Gasteiger partial charge on any atom is 0.339 e. The molecule has 0 aliphatic rings. The van der Waals surface area contributed by atoms with Gasteiger partial charge in [0.05, 0.1) is 23.9 Å². The van der Waals surface area contributed by atoms with E-state index in [4.69, 9.17) is 4.74 Å². The molecule has 0 radical (unpaired) electrons. The van der Waals surface area contributed by atoms with Crippen molar-refractivity contribution in [2.45, 2.75) is 6.54 Å². The van der Waals surface area contributed by atoms with Gasteiger partial charge in [-0.15, -0.1) is 0 Å². The minimum Gasteiger partial charge on any atom is -0.465 e. The number of hydrogen-bond donors (Lipinski definition) is 2. The molecular formula is C20H18N4O3. The average Bonchev–Trinajstić information content (AvgIpc) is 2.73. The van der Waals surface area contributed by atoms with E-state index in [9.17, 15) is 9.59 Å². The summed E-state index contributed by atoms with van der Waals surface area (Å²) in [6.45, 7) is 0.605. The Morgan fingerprint density at radius 3 is 2.52 bits per heavy atom. The molecule has 27 heavy (non-hydrogen) atoms. The number of nitrogens with zero attached hydrogens (tertiary/aromatic N) is 2. The Kier molecular flexibility index (Phi) is 5.73. The number of ether oxygens (including phenoxy) is 1. The lowest BCUT2D eigenvalue weighted by Crippen LogP contribution is -2.15. The maximum absolute atomic E-state index is 12.4. The number of carbonyl (C=O) groups is 2. The maximum atomic E-state index is 12.4. The van der Waals surface area contributed by atoms with Gasteiger partial charge in [-0.3, -0.25) is 9.78 Å². The highest BCUT2D eigenvalue weighted by molar-refractivity contribution is 6.07. The van der Waals surface area contributed by atoms with Gasteiger partial charge in [-0.05, 0) is 42.0 Å². The van der Waals surface area contributed by atoms with Crippen LogP contribution in [0.5, 0.6) is 0 Å². The van der Waals surface area contributed by atoms with Crippen molar-refractivity contribution in [3.05, 3.63) is 83.8 Å². The molecule has 0 atom stereocenters.